The highest BCUT2D eigenvalue weighted by Gasteiger charge is 2.44. The summed E-state index contributed by atoms with van der Waals surface area (Å²) in [7, 11) is 0. The molecule has 8 nitrogen and oxygen atoms in total. The molecular formula is C23H36N4O4. The summed E-state index contributed by atoms with van der Waals surface area (Å²) in [6.45, 7) is 7.97. The maximum atomic E-state index is 13.4. The number of ether oxygens (including phenoxy) is 1. The van der Waals surface area contributed by atoms with Gasteiger partial charge in [0.05, 0.1) is 24.8 Å². The zero-order valence-electron chi connectivity index (χ0n) is 19.2. The van der Waals surface area contributed by atoms with Crippen LogP contribution in [-0.2, 0) is 20.9 Å². The summed E-state index contributed by atoms with van der Waals surface area (Å²) in [6, 6.07) is 1.70. The fourth-order valence-corrected chi connectivity index (χ4v) is 3.94. The van der Waals surface area contributed by atoms with Crippen LogP contribution in [0.4, 0.5) is 5.82 Å². The molecule has 2 heterocycles. The summed E-state index contributed by atoms with van der Waals surface area (Å²) in [5.41, 5.74) is -1.92. The predicted octanol–water partition coefficient (Wildman–Crippen LogP) is 3.23. The maximum Gasteiger partial charge on any atom is 0.251 e. The largest absolute Gasteiger partial charge is 0.493 e. The van der Waals surface area contributed by atoms with E-state index in [1.54, 1.807) is 35.7 Å². The third kappa shape index (κ3) is 5.87. The van der Waals surface area contributed by atoms with Crippen molar-refractivity contribution in [3.8, 4) is 0 Å². The number of amides is 2. The highest BCUT2D eigenvalue weighted by atomic mass is 16.5. The van der Waals surface area contributed by atoms with Crippen molar-refractivity contribution in [1.29, 1.82) is 0 Å². The first-order valence-electron chi connectivity index (χ1n) is 11.4. The minimum atomic E-state index is -1.01. The molecular weight excluding hydrogens is 396 g/mol. The first kappa shape index (κ1) is 23.3. The van der Waals surface area contributed by atoms with Gasteiger partial charge in [0.1, 0.15) is 11.3 Å². The number of rotatable bonds is 11. The number of anilines is 1. The van der Waals surface area contributed by atoms with Crippen molar-refractivity contribution < 1.29 is 19.4 Å². The van der Waals surface area contributed by atoms with Crippen LogP contribution in [0, 0.1) is 0 Å². The second-order valence-electron chi connectivity index (χ2n) is 9.60. The topological polar surface area (TPSA) is 96.7 Å². The highest BCUT2D eigenvalue weighted by molar-refractivity contribution is 6.02. The predicted molar refractivity (Wildman–Crippen MR) is 118 cm³/mol. The maximum absolute atomic E-state index is 13.4. The summed E-state index contributed by atoms with van der Waals surface area (Å²) in [5.74, 6) is 0.611. The molecule has 1 saturated carbocycles. The van der Waals surface area contributed by atoms with E-state index in [1.807, 2.05) is 6.92 Å². The lowest BCUT2D eigenvalue weighted by molar-refractivity contribution is -0.140. The summed E-state index contributed by atoms with van der Waals surface area (Å²) in [5, 5.41) is 17.2. The Bertz CT molecular complexity index is 822. The van der Waals surface area contributed by atoms with E-state index in [4.69, 9.17) is 4.74 Å². The van der Waals surface area contributed by atoms with Crippen molar-refractivity contribution in [3.63, 3.8) is 0 Å². The summed E-state index contributed by atoms with van der Waals surface area (Å²) in [4.78, 5) is 27.8. The van der Waals surface area contributed by atoms with Gasteiger partial charge in [-0.05, 0) is 46.5 Å². The molecule has 1 aromatic rings. The van der Waals surface area contributed by atoms with Crippen LogP contribution in [0.15, 0.2) is 24.1 Å². The fourth-order valence-electron chi connectivity index (χ4n) is 3.94. The molecule has 2 N–H and O–H groups in total. The Kier molecular flexibility index (Phi) is 7.09. The quantitative estimate of drug-likeness (QED) is 0.523. The Morgan fingerprint density at radius 2 is 2.06 bits per heavy atom. The minimum Gasteiger partial charge on any atom is -0.493 e. The molecule has 2 amide bonds. The van der Waals surface area contributed by atoms with E-state index < -0.39 is 11.1 Å². The molecule has 31 heavy (non-hydrogen) atoms. The van der Waals surface area contributed by atoms with E-state index in [9.17, 15) is 14.7 Å². The van der Waals surface area contributed by atoms with Gasteiger partial charge >= 0.3 is 0 Å². The lowest BCUT2D eigenvalue weighted by atomic mass is 9.91. The van der Waals surface area contributed by atoms with E-state index in [2.05, 4.69) is 17.3 Å². The van der Waals surface area contributed by atoms with Crippen LogP contribution in [0.3, 0.4) is 0 Å². The molecule has 8 heteroatoms. The number of nitrogens with zero attached hydrogens (tertiary/aromatic N) is 3. The van der Waals surface area contributed by atoms with E-state index in [0.29, 0.717) is 31.1 Å². The van der Waals surface area contributed by atoms with Crippen molar-refractivity contribution in [2.45, 2.75) is 96.4 Å². The fraction of sp³-hybridized carbons (Fsp3) is 0.696. The van der Waals surface area contributed by atoms with Gasteiger partial charge in [-0.3, -0.25) is 14.3 Å². The lowest BCUT2D eigenvalue weighted by Gasteiger charge is -2.38. The van der Waals surface area contributed by atoms with Crippen LogP contribution in [0.5, 0.6) is 0 Å². The second kappa shape index (κ2) is 9.42. The molecule has 1 aliphatic carbocycles. The Morgan fingerprint density at radius 3 is 2.68 bits per heavy atom. The van der Waals surface area contributed by atoms with Crippen molar-refractivity contribution in [3.05, 3.63) is 24.1 Å². The normalized spacial score (nSPS) is 19.1. The van der Waals surface area contributed by atoms with Crippen LogP contribution in [0.1, 0.15) is 72.6 Å². The molecule has 1 fully saturated rings. The Hall–Kier alpha value is -2.35. The molecule has 1 aromatic heterocycles. The molecule has 0 bridgehead atoms. The molecule has 2 aliphatic rings. The number of nitrogens with one attached hydrogen (secondary N) is 1. The molecule has 1 unspecified atom stereocenters. The summed E-state index contributed by atoms with van der Waals surface area (Å²) >= 11 is 0. The number of hydrogen-bond donors (Lipinski definition) is 2. The molecule has 1 atom stereocenters. The van der Waals surface area contributed by atoms with Crippen LogP contribution in [0.2, 0.25) is 0 Å². The van der Waals surface area contributed by atoms with Crippen LogP contribution in [-0.4, -0.2) is 55.4 Å². The van der Waals surface area contributed by atoms with Gasteiger partial charge in [0.25, 0.3) is 11.8 Å². The Labute approximate surface area is 184 Å². The number of carbonyl (C=O) groups is 2. The first-order valence-corrected chi connectivity index (χ1v) is 11.4. The van der Waals surface area contributed by atoms with Crippen LogP contribution < -0.4 is 5.32 Å². The zero-order valence-corrected chi connectivity index (χ0v) is 19.2. The highest BCUT2D eigenvalue weighted by Crippen LogP contribution is 2.32. The molecule has 0 saturated heterocycles. The third-order valence-electron chi connectivity index (χ3n) is 6.02. The summed E-state index contributed by atoms with van der Waals surface area (Å²) in [6.07, 6.45) is 10.1. The van der Waals surface area contributed by atoms with E-state index in [-0.39, 0.29) is 17.9 Å². The molecule has 3 rings (SSSR count). The van der Waals surface area contributed by atoms with Crippen molar-refractivity contribution in [2.24, 2.45) is 0 Å². The number of carbonyl (C=O) groups excluding carboxylic acids is 2. The van der Waals surface area contributed by atoms with Gasteiger partial charge in [-0.2, -0.15) is 5.10 Å². The minimum absolute atomic E-state index is 0.184. The SMILES string of the molecule is CCCCCC(C)(C(=O)Nc1ccn(CC(C)(C)O)n1)N1CC(OC2CCC2)=CC1=O. The van der Waals surface area contributed by atoms with Gasteiger partial charge in [-0.15, -0.1) is 0 Å². The van der Waals surface area contributed by atoms with Gasteiger partial charge in [-0.25, -0.2) is 0 Å². The van der Waals surface area contributed by atoms with Gasteiger partial charge in [0.15, 0.2) is 5.82 Å². The van der Waals surface area contributed by atoms with Crippen molar-refractivity contribution in [1.82, 2.24) is 14.7 Å². The molecule has 0 aromatic carbocycles. The third-order valence-corrected chi connectivity index (χ3v) is 6.02. The number of aliphatic hydroxyl groups is 1. The first-order chi connectivity index (χ1) is 14.6. The number of hydrogen-bond acceptors (Lipinski definition) is 5. The van der Waals surface area contributed by atoms with Gasteiger partial charge < -0.3 is 20.1 Å². The molecule has 0 spiro atoms. The standard InChI is InChI=1S/C23H36N4O4/c1-5-6-7-12-23(4,27-15-18(14-20(27)28)31-17-9-8-10-17)21(29)24-19-11-13-26(25-19)16-22(2,3)30/h11,13-14,17,30H,5-10,12,15-16H2,1-4H3,(H,24,25,29). The average Bonchev–Trinajstić information content (AvgIpc) is 3.23. The average molecular weight is 433 g/mol. The smallest absolute Gasteiger partial charge is 0.251 e. The van der Waals surface area contributed by atoms with Crippen LogP contribution in [0.25, 0.3) is 0 Å². The van der Waals surface area contributed by atoms with Gasteiger partial charge in [0.2, 0.25) is 0 Å². The van der Waals surface area contributed by atoms with E-state index in [0.717, 1.165) is 38.5 Å². The van der Waals surface area contributed by atoms with Gasteiger partial charge in [-0.1, -0.05) is 26.2 Å². The number of unbranched alkanes of at least 4 members (excludes halogenated alkanes) is 2. The molecule has 172 valence electrons. The zero-order chi connectivity index (χ0) is 22.6. The Morgan fingerprint density at radius 1 is 1.32 bits per heavy atom. The van der Waals surface area contributed by atoms with Gasteiger partial charge in [0, 0.05) is 18.3 Å². The van der Waals surface area contributed by atoms with E-state index >= 15 is 0 Å². The monoisotopic (exact) mass is 432 g/mol. The lowest BCUT2D eigenvalue weighted by Crippen LogP contribution is -2.56. The van der Waals surface area contributed by atoms with Crippen molar-refractivity contribution >= 4 is 17.6 Å². The van der Waals surface area contributed by atoms with Crippen molar-refractivity contribution in [2.75, 3.05) is 11.9 Å². The van der Waals surface area contributed by atoms with E-state index in [1.165, 1.54) is 6.08 Å². The summed E-state index contributed by atoms with van der Waals surface area (Å²) < 4.78 is 7.54. The second-order valence-corrected chi connectivity index (χ2v) is 9.60. The molecule has 0 radical (unpaired) electrons. The Balaban J connectivity index is 1.71. The number of aromatic nitrogens is 2. The van der Waals surface area contributed by atoms with Crippen LogP contribution >= 0.6 is 0 Å². The molecule has 1 aliphatic heterocycles.